The summed E-state index contributed by atoms with van der Waals surface area (Å²) in [6.45, 7) is 8.91. The van der Waals surface area contributed by atoms with E-state index in [9.17, 15) is 0 Å². The van der Waals surface area contributed by atoms with E-state index in [2.05, 4.69) is 19.6 Å². The average Bonchev–Trinajstić information content (AvgIpc) is 2.31. The van der Waals surface area contributed by atoms with Crippen LogP contribution in [0.3, 0.4) is 0 Å². The van der Waals surface area contributed by atoms with Crippen molar-refractivity contribution in [3.05, 3.63) is 24.3 Å². The Morgan fingerprint density at radius 3 is 2.82 bits per heavy atom. The minimum atomic E-state index is 0.335. The summed E-state index contributed by atoms with van der Waals surface area (Å²) in [5, 5.41) is 0. The molecule has 62 valence electrons. The molecule has 0 bridgehead atoms. The number of allylic oxidation sites excluding steroid dienone is 2. The van der Waals surface area contributed by atoms with Gasteiger partial charge in [0.1, 0.15) is 0 Å². The third-order valence-corrected chi connectivity index (χ3v) is 1.82. The highest BCUT2D eigenvalue weighted by Crippen LogP contribution is 2.19. The molecular formula is C10H16O. The summed E-state index contributed by atoms with van der Waals surface area (Å²) in [6.07, 6.45) is 5.62. The molecule has 0 aromatic carbocycles. The van der Waals surface area contributed by atoms with Gasteiger partial charge >= 0.3 is 0 Å². The van der Waals surface area contributed by atoms with Crippen LogP contribution in [0.25, 0.3) is 0 Å². The lowest BCUT2D eigenvalue weighted by molar-refractivity contribution is 0.140. The molecule has 0 saturated carbocycles. The van der Waals surface area contributed by atoms with Crippen molar-refractivity contribution >= 4 is 0 Å². The fourth-order valence-electron chi connectivity index (χ4n) is 1.23. The molecule has 1 heteroatoms. The first-order valence-electron chi connectivity index (χ1n) is 4.14. The van der Waals surface area contributed by atoms with Crippen LogP contribution in [-0.4, -0.2) is 12.7 Å². The van der Waals surface area contributed by atoms with Crippen LogP contribution < -0.4 is 0 Å². The zero-order valence-electron chi connectivity index (χ0n) is 7.34. The van der Waals surface area contributed by atoms with E-state index in [1.807, 2.05) is 13.0 Å². The van der Waals surface area contributed by atoms with Crippen molar-refractivity contribution in [1.82, 2.24) is 0 Å². The molecule has 1 nitrogen and oxygen atoms in total. The molecule has 1 fully saturated rings. The lowest BCUT2D eigenvalue weighted by atomic mass is 10.1. The van der Waals surface area contributed by atoms with E-state index in [0.29, 0.717) is 6.10 Å². The summed E-state index contributed by atoms with van der Waals surface area (Å²) in [7, 11) is 0. The summed E-state index contributed by atoms with van der Waals surface area (Å²) in [5.74, 6) is 0.717. The Morgan fingerprint density at radius 2 is 2.36 bits per heavy atom. The first kappa shape index (κ1) is 8.54. The second-order valence-electron chi connectivity index (χ2n) is 3.42. The molecule has 11 heavy (non-hydrogen) atoms. The van der Waals surface area contributed by atoms with Crippen LogP contribution >= 0.6 is 0 Å². The molecule has 0 spiro atoms. The lowest BCUT2D eigenvalue weighted by Gasteiger charge is -2.00. The third kappa shape index (κ3) is 2.89. The Kier molecular flexibility index (Phi) is 2.89. The molecule has 2 unspecified atom stereocenters. The van der Waals surface area contributed by atoms with Crippen LogP contribution in [0.2, 0.25) is 0 Å². The highest BCUT2D eigenvalue weighted by molar-refractivity contribution is 5.13. The molecule has 0 amide bonds. The van der Waals surface area contributed by atoms with Crippen molar-refractivity contribution in [2.45, 2.75) is 26.4 Å². The second kappa shape index (κ2) is 3.72. The first-order chi connectivity index (χ1) is 5.18. The Balaban J connectivity index is 2.33. The van der Waals surface area contributed by atoms with Crippen molar-refractivity contribution in [3.8, 4) is 0 Å². The van der Waals surface area contributed by atoms with Crippen molar-refractivity contribution in [1.29, 1.82) is 0 Å². The van der Waals surface area contributed by atoms with Gasteiger partial charge in [0.2, 0.25) is 0 Å². The molecule has 1 saturated heterocycles. The number of rotatable bonds is 2. The molecule has 0 radical (unpaired) electrons. The number of hydrogen-bond donors (Lipinski definition) is 0. The van der Waals surface area contributed by atoms with Gasteiger partial charge in [-0.25, -0.2) is 0 Å². The van der Waals surface area contributed by atoms with E-state index >= 15 is 0 Å². The quantitative estimate of drug-likeness (QED) is 0.552. The zero-order valence-corrected chi connectivity index (χ0v) is 7.34. The predicted molar refractivity (Wildman–Crippen MR) is 47.5 cm³/mol. The second-order valence-corrected chi connectivity index (χ2v) is 3.42. The van der Waals surface area contributed by atoms with E-state index in [0.717, 1.165) is 24.5 Å². The maximum absolute atomic E-state index is 5.49. The van der Waals surface area contributed by atoms with Gasteiger partial charge in [-0.3, -0.25) is 0 Å². The fraction of sp³-hybridized carbons (Fsp3) is 0.600. The Hall–Kier alpha value is -0.560. The Labute approximate surface area is 68.8 Å². The van der Waals surface area contributed by atoms with E-state index in [1.165, 1.54) is 0 Å². The Bertz CT molecular complexity index is 170. The topological polar surface area (TPSA) is 9.23 Å². The first-order valence-corrected chi connectivity index (χ1v) is 4.14. The molecular weight excluding hydrogens is 136 g/mol. The standard InChI is InChI=1S/C10H16O/c1-8(2)4-5-10-6-9(3)7-11-10/h4-5,9-10H,1,6-7H2,2-3H3/b5-4+. The van der Waals surface area contributed by atoms with Gasteiger partial charge in [-0.2, -0.15) is 0 Å². The summed E-state index contributed by atoms with van der Waals surface area (Å²) in [6, 6.07) is 0. The fourth-order valence-corrected chi connectivity index (χ4v) is 1.23. The molecule has 1 aliphatic heterocycles. The number of ether oxygens (including phenoxy) is 1. The molecule has 0 N–H and O–H groups in total. The zero-order chi connectivity index (χ0) is 8.27. The lowest BCUT2D eigenvalue weighted by Crippen LogP contribution is -1.98. The van der Waals surface area contributed by atoms with Gasteiger partial charge in [0.05, 0.1) is 12.7 Å². The van der Waals surface area contributed by atoms with E-state index in [1.54, 1.807) is 0 Å². The smallest absolute Gasteiger partial charge is 0.0762 e. The molecule has 1 aliphatic rings. The van der Waals surface area contributed by atoms with Crippen molar-refractivity contribution < 1.29 is 4.74 Å². The summed E-state index contributed by atoms with van der Waals surface area (Å²) >= 11 is 0. The van der Waals surface area contributed by atoms with Crippen LogP contribution in [0.1, 0.15) is 20.3 Å². The maximum atomic E-state index is 5.49. The van der Waals surface area contributed by atoms with Gasteiger partial charge in [0.15, 0.2) is 0 Å². The minimum absolute atomic E-state index is 0.335. The molecule has 1 heterocycles. The molecule has 0 aromatic heterocycles. The van der Waals surface area contributed by atoms with E-state index in [4.69, 9.17) is 4.74 Å². The van der Waals surface area contributed by atoms with Crippen LogP contribution in [-0.2, 0) is 4.74 Å². The highest BCUT2D eigenvalue weighted by Gasteiger charge is 2.18. The molecule has 0 aliphatic carbocycles. The minimum Gasteiger partial charge on any atom is -0.374 e. The van der Waals surface area contributed by atoms with Crippen molar-refractivity contribution in [2.24, 2.45) is 5.92 Å². The molecule has 1 rings (SSSR count). The van der Waals surface area contributed by atoms with Gasteiger partial charge < -0.3 is 4.74 Å². The van der Waals surface area contributed by atoms with E-state index < -0.39 is 0 Å². The van der Waals surface area contributed by atoms with Crippen LogP contribution in [0.15, 0.2) is 24.3 Å². The highest BCUT2D eigenvalue weighted by atomic mass is 16.5. The SMILES string of the molecule is C=C(C)/C=C/C1CC(C)CO1. The largest absolute Gasteiger partial charge is 0.374 e. The predicted octanol–water partition coefficient (Wildman–Crippen LogP) is 2.54. The van der Waals surface area contributed by atoms with Crippen molar-refractivity contribution in [3.63, 3.8) is 0 Å². The number of hydrogen-bond acceptors (Lipinski definition) is 1. The van der Waals surface area contributed by atoms with E-state index in [-0.39, 0.29) is 0 Å². The van der Waals surface area contributed by atoms with Crippen LogP contribution in [0, 0.1) is 5.92 Å². The van der Waals surface area contributed by atoms with Crippen LogP contribution in [0.4, 0.5) is 0 Å². The summed E-state index contributed by atoms with van der Waals surface area (Å²) in [5.41, 5.74) is 1.09. The average molecular weight is 152 g/mol. The van der Waals surface area contributed by atoms with Gasteiger partial charge in [0.25, 0.3) is 0 Å². The summed E-state index contributed by atoms with van der Waals surface area (Å²) in [4.78, 5) is 0. The van der Waals surface area contributed by atoms with Gasteiger partial charge in [-0.1, -0.05) is 31.2 Å². The Morgan fingerprint density at radius 1 is 1.64 bits per heavy atom. The van der Waals surface area contributed by atoms with Crippen LogP contribution in [0.5, 0.6) is 0 Å². The third-order valence-electron chi connectivity index (χ3n) is 1.82. The van der Waals surface area contributed by atoms with Gasteiger partial charge in [-0.15, -0.1) is 0 Å². The molecule has 2 atom stereocenters. The van der Waals surface area contributed by atoms with Gasteiger partial charge in [0, 0.05) is 0 Å². The summed E-state index contributed by atoms with van der Waals surface area (Å²) < 4.78 is 5.49. The molecule has 0 aromatic rings. The van der Waals surface area contributed by atoms with Gasteiger partial charge in [-0.05, 0) is 19.3 Å². The normalized spacial score (nSPS) is 31.5. The maximum Gasteiger partial charge on any atom is 0.0762 e. The monoisotopic (exact) mass is 152 g/mol. The van der Waals surface area contributed by atoms with Crippen molar-refractivity contribution in [2.75, 3.05) is 6.61 Å².